The van der Waals surface area contributed by atoms with E-state index >= 15 is 0 Å². The van der Waals surface area contributed by atoms with Gasteiger partial charge in [-0.25, -0.2) is 9.18 Å². The smallest absolute Gasteiger partial charge is 0.338 e. The van der Waals surface area contributed by atoms with Crippen LogP contribution in [0.3, 0.4) is 0 Å². The third kappa shape index (κ3) is 4.02. The molecule has 0 aliphatic carbocycles. The number of carbonyl (C=O) groups is 1. The third-order valence-corrected chi connectivity index (χ3v) is 2.06. The van der Waals surface area contributed by atoms with Crippen molar-refractivity contribution in [1.82, 2.24) is 0 Å². The Hall–Kier alpha value is -1.64. The average Bonchev–Trinajstić information content (AvgIpc) is 2.19. The molecule has 0 heterocycles. The molecule has 92 valence electrons. The van der Waals surface area contributed by atoms with Gasteiger partial charge >= 0.3 is 5.97 Å². The van der Waals surface area contributed by atoms with Crippen LogP contribution in [-0.2, 0) is 9.53 Å². The molecule has 0 aromatic heterocycles. The largest absolute Gasteiger partial charge is 0.456 e. The standard InChI is InChI=1S/C14H17FO2/c1-5-12(13(16)17-14(2,3)4)10-6-8-11(15)9-7-10/h5-9H,1-4H3/b12-5+. The normalized spacial score (nSPS) is 12.4. The van der Waals surface area contributed by atoms with Crippen molar-refractivity contribution in [1.29, 1.82) is 0 Å². The van der Waals surface area contributed by atoms with E-state index in [1.807, 2.05) is 20.8 Å². The van der Waals surface area contributed by atoms with E-state index in [4.69, 9.17) is 4.74 Å². The van der Waals surface area contributed by atoms with Crippen LogP contribution in [0.1, 0.15) is 33.3 Å². The van der Waals surface area contributed by atoms with Crippen LogP contribution in [0.4, 0.5) is 4.39 Å². The molecule has 0 aliphatic rings. The number of allylic oxidation sites excluding steroid dienone is 1. The van der Waals surface area contributed by atoms with Crippen molar-refractivity contribution in [2.75, 3.05) is 0 Å². The first kappa shape index (κ1) is 13.4. The summed E-state index contributed by atoms with van der Waals surface area (Å²) in [5.41, 5.74) is 0.564. The lowest BCUT2D eigenvalue weighted by atomic mass is 10.1. The summed E-state index contributed by atoms with van der Waals surface area (Å²) in [5.74, 6) is -0.722. The molecule has 3 heteroatoms. The lowest BCUT2D eigenvalue weighted by molar-refractivity contribution is -0.147. The van der Waals surface area contributed by atoms with Crippen LogP contribution in [-0.4, -0.2) is 11.6 Å². The molecule has 0 atom stereocenters. The van der Waals surface area contributed by atoms with Crippen molar-refractivity contribution in [2.24, 2.45) is 0 Å². The van der Waals surface area contributed by atoms with Gasteiger partial charge in [-0.2, -0.15) is 0 Å². The van der Waals surface area contributed by atoms with E-state index in [1.165, 1.54) is 12.1 Å². The molecule has 0 saturated heterocycles. The summed E-state index contributed by atoms with van der Waals surface area (Å²) in [6.45, 7) is 7.18. The number of ether oxygens (including phenoxy) is 1. The molecule has 0 radical (unpaired) electrons. The van der Waals surface area contributed by atoms with Crippen LogP contribution in [0.2, 0.25) is 0 Å². The zero-order valence-corrected chi connectivity index (χ0v) is 10.6. The van der Waals surface area contributed by atoms with Gasteiger partial charge in [0, 0.05) is 0 Å². The van der Waals surface area contributed by atoms with E-state index in [9.17, 15) is 9.18 Å². The molecule has 0 unspecified atom stereocenters. The topological polar surface area (TPSA) is 26.3 Å². The maximum absolute atomic E-state index is 12.8. The Morgan fingerprint density at radius 2 is 1.76 bits per heavy atom. The second kappa shape index (κ2) is 5.13. The van der Waals surface area contributed by atoms with E-state index in [0.29, 0.717) is 11.1 Å². The Bertz CT molecular complexity index is 425. The highest BCUT2D eigenvalue weighted by Gasteiger charge is 2.20. The van der Waals surface area contributed by atoms with Crippen molar-refractivity contribution < 1.29 is 13.9 Å². The Kier molecular flexibility index (Phi) is 4.05. The second-order valence-electron chi connectivity index (χ2n) is 4.71. The van der Waals surface area contributed by atoms with Gasteiger partial charge in [-0.15, -0.1) is 0 Å². The number of benzene rings is 1. The van der Waals surface area contributed by atoms with Gasteiger partial charge in [0.1, 0.15) is 11.4 Å². The van der Waals surface area contributed by atoms with Gasteiger partial charge < -0.3 is 4.74 Å². The lowest BCUT2D eigenvalue weighted by Crippen LogP contribution is -2.24. The molecule has 0 fully saturated rings. The molecule has 1 aromatic rings. The molecular formula is C14H17FO2. The van der Waals surface area contributed by atoms with Crippen LogP contribution in [0.25, 0.3) is 5.57 Å². The van der Waals surface area contributed by atoms with Crippen molar-refractivity contribution in [3.05, 3.63) is 41.7 Å². The van der Waals surface area contributed by atoms with E-state index in [2.05, 4.69) is 0 Å². The van der Waals surface area contributed by atoms with Gasteiger partial charge in [0.15, 0.2) is 0 Å². The van der Waals surface area contributed by atoms with E-state index in [0.717, 1.165) is 0 Å². The van der Waals surface area contributed by atoms with Crippen LogP contribution >= 0.6 is 0 Å². The zero-order chi connectivity index (χ0) is 13.1. The van der Waals surface area contributed by atoms with Crippen LogP contribution in [0.15, 0.2) is 30.3 Å². The van der Waals surface area contributed by atoms with E-state index in [-0.39, 0.29) is 5.82 Å². The monoisotopic (exact) mass is 236 g/mol. The van der Waals surface area contributed by atoms with Gasteiger partial charge in [0.2, 0.25) is 0 Å². The maximum Gasteiger partial charge on any atom is 0.338 e. The van der Waals surface area contributed by atoms with Crippen molar-refractivity contribution in [3.8, 4) is 0 Å². The quantitative estimate of drug-likeness (QED) is 0.579. The van der Waals surface area contributed by atoms with Crippen LogP contribution in [0, 0.1) is 5.82 Å². The van der Waals surface area contributed by atoms with Gasteiger partial charge in [0.05, 0.1) is 5.57 Å². The predicted molar refractivity (Wildman–Crippen MR) is 65.9 cm³/mol. The number of hydrogen-bond acceptors (Lipinski definition) is 2. The van der Waals surface area contributed by atoms with E-state index < -0.39 is 11.6 Å². The van der Waals surface area contributed by atoms with Gasteiger partial charge in [0.25, 0.3) is 0 Å². The first-order chi connectivity index (χ1) is 7.83. The molecule has 17 heavy (non-hydrogen) atoms. The molecule has 0 saturated carbocycles. The summed E-state index contributed by atoms with van der Waals surface area (Å²) >= 11 is 0. The van der Waals surface area contributed by atoms with Gasteiger partial charge in [-0.3, -0.25) is 0 Å². The molecule has 0 bridgehead atoms. The third-order valence-electron chi connectivity index (χ3n) is 2.06. The number of hydrogen-bond donors (Lipinski definition) is 0. The van der Waals surface area contributed by atoms with Crippen LogP contribution < -0.4 is 0 Å². The number of carbonyl (C=O) groups excluding carboxylic acids is 1. The number of esters is 1. The second-order valence-corrected chi connectivity index (χ2v) is 4.71. The molecule has 1 aromatic carbocycles. The molecule has 0 N–H and O–H groups in total. The van der Waals surface area contributed by atoms with Crippen LogP contribution in [0.5, 0.6) is 0 Å². The minimum Gasteiger partial charge on any atom is -0.456 e. The average molecular weight is 236 g/mol. The fourth-order valence-electron chi connectivity index (χ4n) is 1.36. The Morgan fingerprint density at radius 1 is 1.24 bits per heavy atom. The summed E-state index contributed by atoms with van der Waals surface area (Å²) in [7, 11) is 0. The molecule has 0 aliphatic heterocycles. The number of halogens is 1. The summed E-state index contributed by atoms with van der Waals surface area (Å²) in [5, 5.41) is 0. The molecular weight excluding hydrogens is 219 g/mol. The summed E-state index contributed by atoms with van der Waals surface area (Å²) in [6, 6.07) is 5.77. The first-order valence-electron chi connectivity index (χ1n) is 5.49. The van der Waals surface area contributed by atoms with Crippen molar-refractivity contribution >= 4 is 11.5 Å². The van der Waals surface area contributed by atoms with Gasteiger partial charge in [-0.05, 0) is 45.4 Å². The minimum absolute atomic E-state index is 0.326. The van der Waals surface area contributed by atoms with Gasteiger partial charge in [-0.1, -0.05) is 18.2 Å². The lowest BCUT2D eigenvalue weighted by Gasteiger charge is -2.20. The Morgan fingerprint density at radius 3 is 2.18 bits per heavy atom. The fourth-order valence-corrected chi connectivity index (χ4v) is 1.36. The van der Waals surface area contributed by atoms with Crippen molar-refractivity contribution in [2.45, 2.75) is 33.3 Å². The zero-order valence-electron chi connectivity index (χ0n) is 10.6. The summed E-state index contributed by atoms with van der Waals surface area (Å²) in [4.78, 5) is 11.9. The Balaban J connectivity index is 2.94. The fraction of sp³-hybridized carbons (Fsp3) is 0.357. The molecule has 2 nitrogen and oxygen atoms in total. The molecule has 1 rings (SSSR count). The highest BCUT2D eigenvalue weighted by Crippen LogP contribution is 2.19. The maximum atomic E-state index is 12.8. The summed E-state index contributed by atoms with van der Waals surface area (Å²) < 4.78 is 18.1. The molecule has 0 amide bonds. The molecule has 0 spiro atoms. The highest BCUT2D eigenvalue weighted by atomic mass is 19.1. The highest BCUT2D eigenvalue weighted by molar-refractivity contribution is 6.16. The summed E-state index contributed by atoms with van der Waals surface area (Å²) in [6.07, 6.45) is 1.67. The first-order valence-corrected chi connectivity index (χ1v) is 5.49. The SMILES string of the molecule is C/C=C(/C(=O)OC(C)(C)C)c1ccc(F)cc1. The predicted octanol–water partition coefficient (Wildman–Crippen LogP) is 3.57. The number of rotatable bonds is 2. The van der Waals surface area contributed by atoms with E-state index in [1.54, 1.807) is 25.1 Å². The Labute approximate surface area is 101 Å². The van der Waals surface area contributed by atoms with Crippen molar-refractivity contribution in [3.63, 3.8) is 0 Å². The minimum atomic E-state index is -0.536.